The number of hydrogen-bond acceptors (Lipinski definition) is 2. The van der Waals surface area contributed by atoms with Gasteiger partial charge < -0.3 is 4.57 Å². The molecule has 1 heterocycles. The van der Waals surface area contributed by atoms with Crippen molar-refractivity contribution in [1.82, 2.24) is 4.57 Å². The lowest BCUT2D eigenvalue weighted by Crippen LogP contribution is -2.25. The van der Waals surface area contributed by atoms with E-state index in [2.05, 4.69) is 26.5 Å². The number of aromatic nitrogens is 1. The fourth-order valence-electron chi connectivity index (χ4n) is 1.34. The highest BCUT2D eigenvalue weighted by molar-refractivity contribution is 7.80. The van der Waals surface area contributed by atoms with E-state index >= 15 is 0 Å². The third kappa shape index (κ3) is 2.91. The van der Waals surface area contributed by atoms with Gasteiger partial charge in [0.15, 0.2) is 0 Å². The molecule has 1 atom stereocenters. The molecule has 0 saturated carbocycles. The van der Waals surface area contributed by atoms with Gasteiger partial charge in [-0.1, -0.05) is 19.9 Å². The van der Waals surface area contributed by atoms with Gasteiger partial charge in [0.05, 0.1) is 0 Å². The van der Waals surface area contributed by atoms with Crippen LogP contribution in [0.25, 0.3) is 0 Å². The standard InChI is InChI=1S/C11H17NOS/c1-9(2)10(8-14)7-12-6-4-3-5-11(12)13/h3-6,9-10,14H,7-8H2,1-2H3. The first-order valence-electron chi connectivity index (χ1n) is 4.91. The zero-order valence-electron chi connectivity index (χ0n) is 8.68. The van der Waals surface area contributed by atoms with Crippen LogP contribution in [-0.4, -0.2) is 10.3 Å². The molecule has 1 aromatic rings. The Morgan fingerprint density at radius 2 is 2.14 bits per heavy atom. The van der Waals surface area contributed by atoms with Gasteiger partial charge in [0.1, 0.15) is 0 Å². The van der Waals surface area contributed by atoms with Gasteiger partial charge in [-0.3, -0.25) is 4.79 Å². The Bertz CT molecular complexity index is 332. The maximum Gasteiger partial charge on any atom is 0.250 e. The average molecular weight is 211 g/mol. The Morgan fingerprint density at radius 3 is 2.64 bits per heavy atom. The summed E-state index contributed by atoms with van der Waals surface area (Å²) in [4.78, 5) is 11.4. The quantitative estimate of drug-likeness (QED) is 0.756. The molecule has 0 aromatic carbocycles. The molecule has 0 fully saturated rings. The van der Waals surface area contributed by atoms with Crippen molar-refractivity contribution in [3.8, 4) is 0 Å². The van der Waals surface area contributed by atoms with Crippen LogP contribution in [0.2, 0.25) is 0 Å². The third-order valence-electron chi connectivity index (χ3n) is 2.51. The Morgan fingerprint density at radius 1 is 1.43 bits per heavy atom. The second-order valence-corrected chi connectivity index (χ2v) is 4.24. The summed E-state index contributed by atoms with van der Waals surface area (Å²) in [6, 6.07) is 5.25. The van der Waals surface area contributed by atoms with Gasteiger partial charge in [-0.2, -0.15) is 12.6 Å². The summed E-state index contributed by atoms with van der Waals surface area (Å²) in [6.45, 7) is 5.09. The van der Waals surface area contributed by atoms with E-state index in [1.165, 1.54) is 0 Å². The van der Waals surface area contributed by atoms with E-state index in [0.29, 0.717) is 11.8 Å². The van der Waals surface area contributed by atoms with Crippen molar-refractivity contribution in [1.29, 1.82) is 0 Å². The van der Waals surface area contributed by atoms with Gasteiger partial charge in [-0.05, 0) is 23.7 Å². The summed E-state index contributed by atoms with van der Waals surface area (Å²) in [6.07, 6.45) is 1.83. The smallest absolute Gasteiger partial charge is 0.250 e. The molecule has 0 spiro atoms. The SMILES string of the molecule is CC(C)C(CS)Cn1ccccc1=O. The van der Waals surface area contributed by atoms with Crippen LogP contribution in [-0.2, 0) is 6.54 Å². The normalized spacial score (nSPS) is 13.1. The minimum atomic E-state index is 0.0694. The first-order valence-corrected chi connectivity index (χ1v) is 5.54. The molecule has 1 aromatic heterocycles. The molecule has 0 radical (unpaired) electrons. The molecule has 0 bridgehead atoms. The maximum atomic E-state index is 11.4. The summed E-state index contributed by atoms with van der Waals surface area (Å²) in [5, 5.41) is 0. The van der Waals surface area contributed by atoms with Crippen molar-refractivity contribution in [3.05, 3.63) is 34.7 Å². The maximum absolute atomic E-state index is 11.4. The molecule has 0 aliphatic rings. The van der Waals surface area contributed by atoms with Crippen LogP contribution in [0.15, 0.2) is 29.2 Å². The van der Waals surface area contributed by atoms with Gasteiger partial charge >= 0.3 is 0 Å². The molecule has 1 unspecified atom stereocenters. The molecule has 2 nitrogen and oxygen atoms in total. The van der Waals surface area contributed by atoms with Crippen LogP contribution >= 0.6 is 12.6 Å². The Hall–Kier alpha value is -0.700. The van der Waals surface area contributed by atoms with Gasteiger partial charge in [0.25, 0.3) is 5.56 Å². The van der Waals surface area contributed by atoms with Crippen molar-refractivity contribution in [2.45, 2.75) is 20.4 Å². The molecular weight excluding hydrogens is 194 g/mol. The molecule has 0 N–H and O–H groups in total. The van der Waals surface area contributed by atoms with Crippen LogP contribution in [0.5, 0.6) is 0 Å². The largest absolute Gasteiger partial charge is 0.315 e. The van der Waals surface area contributed by atoms with Crippen LogP contribution in [0.4, 0.5) is 0 Å². The van der Waals surface area contributed by atoms with Gasteiger partial charge in [0, 0.05) is 18.8 Å². The molecule has 1 rings (SSSR count). The highest BCUT2D eigenvalue weighted by Crippen LogP contribution is 2.13. The van der Waals surface area contributed by atoms with Crippen LogP contribution in [0, 0.1) is 11.8 Å². The first kappa shape index (κ1) is 11.4. The third-order valence-corrected chi connectivity index (χ3v) is 2.98. The molecule has 3 heteroatoms. The number of thiol groups is 1. The Kier molecular flexibility index (Phi) is 4.26. The van der Waals surface area contributed by atoms with E-state index in [-0.39, 0.29) is 5.56 Å². The topological polar surface area (TPSA) is 22.0 Å². The molecule has 0 amide bonds. The highest BCUT2D eigenvalue weighted by Gasteiger charge is 2.12. The van der Waals surface area contributed by atoms with Crippen LogP contribution in [0.1, 0.15) is 13.8 Å². The lowest BCUT2D eigenvalue weighted by atomic mass is 9.98. The Balaban J connectivity index is 2.77. The van der Waals surface area contributed by atoms with E-state index in [1.54, 1.807) is 16.7 Å². The van der Waals surface area contributed by atoms with E-state index in [1.807, 2.05) is 12.3 Å². The molecule has 14 heavy (non-hydrogen) atoms. The second-order valence-electron chi connectivity index (χ2n) is 3.88. The summed E-state index contributed by atoms with van der Waals surface area (Å²) in [5.74, 6) is 1.83. The monoisotopic (exact) mass is 211 g/mol. The first-order chi connectivity index (χ1) is 6.65. The van der Waals surface area contributed by atoms with E-state index in [9.17, 15) is 4.79 Å². The molecule has 0 saturated heterocycles. The lowest BCUT2D eigenvalue weighted by molar-refractivity contribution is 0.367. The van der Waals surface area contributed by atoms with E-state index in [4.69, 9.17) is 0 Å². The predicted octanol–water partition coefficient (Wildman–Crippen LogP) is 2.05. The minimum absolute atomic E-state index is 0.0694. The number of rotatable bonds is 4. The average Bonchev–Trinajstić information content (AvgIpc) is 2.16. The van der Waals surface area contributed by atoms with Crippen LogP contribution in [0.3, 0.4) is 0 Å². The van der Waals surface area contributed by atoms with Crippen molar-refractivity contribution in [2.75, 3.05) is 5.75 Å². The Labute approximate surface area is 90.4 Å². The van der Waals surface area contributed by atoms with Crippen molar-refractivity contribution >= 4 is 12.6 Å². The number of hydrogen-bond donors (Lipinski definition) is 1. The number of pyridine rings is 1. The van der Waals surface area contributed by atoms with Crippen molar-refractivity contribution in [3.63, 3.8) is 0 Å². The molecule has 0 aliphatic carbocycles. The van der Waals surface area contributed by atoms with Crippen LogP contribution < -0.4 is 5.56 Å². The molecule has 0 aliphatic heterocycles. The fraction of sp³-hybridized carbons (Fsp3) is 0.545. The van der Waals surface area contributed by atoms with Crippen molar-refractivity contribution < 1.29 is 0 Å². The summed E-state index contributed by atoms with van der Waals surface area (Å²) >= 11 is 4.30. The molecular formula is C11H17NOS. The minimum Gasteiger partial charge on any atom is -0.315 e. The summed E-state index contributed by atoms with van der Waals surface area (Å²) in [7, 11) is 0. The second kappa shape index (κ2) is 5.25. The van der Waals surface area contributed by atoms with E-state index < -0.39 is 0 Å². The summed E-state index contributed by atoms with van der Waals surface area (Å²) < 4.78 is 1.75. The highest BCUT2D eigenvalue weighted by atomic mass is 32.1. The van der Waals surface area contributed by atoms with Gasteiger partial charge in [-0.15, -0.1) is 0 Å². The summed E-state index contributed by atoms with van der Waals surface area (Å²) in [5.41, 5.74) is 0.0694. The zero-order valence-corrected chi connectivity index (χ0v) is 9.58. The fourth-order valence-corrected chi connectivity index (χ4v) is 1.88. The van der Waals surface area contributed by atoms with E-state index in [0.717, 1.165) is 12.3 Å². The molecule has 78 valence electrons. The zero-order chi connectivity index (χ0) is 10.6. The van der Waals surface area contributed by atoms with Crippen molar-refractivity contribution in [2.24, 2.45) is 11.8 Å². The van der Waals surface area contributed by atoms with Gasteiger partial charge in [0.2, 0.25) is 0 Å². The van der Waals surface area contributed by atoms with Gasteiger partial charge in [-0.25, -0.2) is 0 Å². The predicted molar refractivity (Wildman–Crippen MR) is 62.9 cm³/mol. The number of nitrogens with zero attached hydrogens (tertiary/aromatic N) is 1. The lowest BCUT2D eigenvalue weighted by Gasteiger charge is -2.19.